The quantitative estimate of drug-likeness (QED) is 0.928. The van der Waals surface area contributed by atoms with Crippen LogP contribution in [0.3, 0.4) is 0 Å². The lowest BCUT2D eigenvalue weighted by molar-refractivity contribution is -0.325. The average Bonchev–Trinajstić information content (AvgIpc) is 2.67. The van der Waals surface area contributed by atoms with Gasteiger partial charge in [0.25, 0.3) is 0 Å². The number of carboxylic acid groups (broad SMARTS) is 1. The summed E-state index contributed by atoms with van der Waals surface area (Å²) in [5.41, 5.74) is 0.258. The van der Waals surface area contributed by atoms with Crippen molar-refractivity contribution < 1.29 is 27.8 Å². The third-order valence-corrected chi connectivity index (χ3v) is 2.43. The van der Waals surface area contributed by atoms with E-state index in [4.69, 9.17) is 5.11 Å². The standard InChI is InChI=1S/C11H9F3N2O3/c12-11(13,14)19-6-5-16-8-4-2-1-3-7(8)9(15-16)10(17)18/h1-4H,5-6H2,(H,17,18). The van der Waals surface area contributed by atoms with E-state index in [9.17, 15) is 18.0 Å². The summed E-state index contributed by atoms with van der Waals surface area (Å²) >= 11 is 0. The molecule has 0 aliphatic rings. The number of fused-ring (bicyclic) bond motifs is 1. The SMILES string of the molecule is O=C(O)c1nn(CCOC(F)(F)F)c2ccccc12. The number of alkyl halides is 3. The molecular weight excluding hydrogens is 265 g/mol. The molecule has 102 valence electrons. The largest absolute Gasteiger partial charge is 0.522 e. The number of rotatable bonds is 4. The van der Waals surface area contributed by atoms with E-state index < -0.39 is 18.9 Å². The van der Waals surface area contributed by atoms with E-state index in [1.54, 1.807) is 24.3 Å². The van der Waals surface area contributed by atoms with E-state index in [1.807, 2.05) is 0 Å². The Morgan fingerprint density at radius 3 is 2.68 bits per heavy atom. The van der Waals surface area contributed by atoms with Gasteiger partial charge in [-0.1, -0.05) is 18.2 Å². The van der Waals surface area contributed by atoms with E-state index in [2.05, 4.69) is 9.84 Å². The van der Waals surface area contributed by atoms with Gasteiger partial charge in [-0.3, -0.25) is 9.42 Å². The zero-order chi connectivity index (χ0) is 14.0. The molecule has 0 amide bonds. The highest BCUT2D eigenvalue weighted by Gasteiger charge is 2.28. The highest BCUT2D eigenvalue weighted by Crippen LogP contribution is 2.19. The summed E-state index contributed by atoms with van der Waals surface area (Å²) < 4.78 is 40.4. The first-order valence-electron chi connectivity index (χ1n) is 5.28. The molecule has 0 radical (unpaired) electrons. The molecule has 1 aromatic heterocycles. The minimum absolute atomic E-state index is 0.187. The van der Waals surface area contributed by atoms with Gasteiger partial charge in [-0.15, -0.1) is 13.2 Å². The lowest BCUT2D eigenvalue weighted by Crippen LogP contribution is -2.18. The van der Waals surface area contributed by atoms with Crippen LogP contribution in [0.4, 0.5) is 13.2 Å². The number of ether oxygens (including phenoxy) is 1. The fourth-order valence-electron chi connectivity index (χ4n) is 1.70. The second-order valence-electron chi connectivity index (χ2n) is 3.69. The fraction of sp³-hybridized carbons (Fsp3) is 0.273. The van der Waals surface area contributed by atoms with E-state index in [0.717, 1.165) is 0 Å². The summed E-state index contributed by atoms with van der Waals surface area (Å²) in [5.74, 6) is -1.23. The summed E-state index contributed by atoms with van der Waals surface area (Å²) in [6.07, 6.45) is -4.71. The maximum absolute atomic E-state index is 11.9. The number of hydrogen-bond acceptors (Lipinski definition) is 3. The van der Waals surface area contributed by atoms with E-state index in [1.165, 1.54) is 4.68 Å². The van der Waals surface area contributed by atoms with Crippen molar-refractivity contribution in [2.45, 2.75) is 12.9 Å². The Bertz CT molecular complexity index is 607. The van der Waals surface area contributed by atoms with Crippen LogP contribution in [0.15, 0.2) is 24.3 Å². The van der Waals surface area contributed by atoms with Crippen molar-refractivity contribution in [1.29, 1.82) is 0 Å². The predicted molar refractivity (Wildman–Crippen MR) is 58.7 cm³/mol. The minimum atomic E-state index is -4.71. The molecule has 0 saturated heterocycles. The number of aromatic carboxylic acids is 1. The predicted octanol–water partition coefficient (Wildman–Crippen LogP) is 2.27. The van der Waals surface area contributed by atoms with Crippen molar-refractivity contribution in [3.8, 4) is 0 Å². The summed E-state index contributed by atoms with van der Waals surface area (Å²) in [5, 5.41) is 13.1. The first-order valence-corrected chi connectivity index (χ1v) is 5.28. The molecule has 0 saturated carbocycles. The van der Waals surface area contributed by atoms with Crippen LogP contribution in [-0.2, 0) is 11.3 Å². The van der Waals surface area contributed by atoms with Gasteiger partial charge in [-0.05, 0) is 6.07 Å². The third-order valence-electron chi connectivity index (χ3n) is 2.43. The molecule has 0 atom stereocenters. The lowest BCUT2D eigenvalue weighted by Gasteiger charge is -2.07. The molecule has 8 heteroatoms. The molecule has 2 rings (SSSR count). The van der Waals surface area contributed by atoms with E-state index >= 15 is 0 Å². The number of carbonyl (C=O) groups is 1. The Morgan fingerprint density at radius 1 is 1.37 bits per heavy atom. The summed E-state index contributed by atoms with van der Waals surface area (Å²) in [7, 11) is 0. The highest BCUT2D eigenvalue weighted by atomic mass is 19.4. The number of carboxylic acids is 1. The molecule has 0 aliphatic heterocycles. The lowest BCUT2D eigenvalue weighted by atomic mass is 10.2. The van der Waals surface area contributed by atoms with Crippen LogP contribution in [0.2, 0.25) is 0 Å². The van der Waals surface area contributed by atoms with Gasteiger partial charge in [0.2, 0.25) is 0 Å². The molecule has 1 aromatic carbocycles. The molecular formula is C11H9F3N2O3. The second-order valence-corrected chi connectivity index (χ2v) is 3.69. The fourth-order valence-corrected chi connectivity index (χ4v) is 1.70. The van der Waals surface area contributed by atoms with Crippen LogP contribution in [-0.4, -0.2) is 33.8 Å². The normalized spacial score (nSPS) is 11.9. The van der Waals surface area contributed by atoms with Crippen molar-refractivity contribution in [1.82, 2.24) is 9.78 Å². The first-order chi connectivity index (χ1) is 8.88. The van der Waals surface area contributed by atoms with Crippen LogP contribution in [0.1, 0.15) is 10.5 Å². The summed E-state index contributed by atoms with van der Waals surface area (Å²) in [6.45, 7) is -0.818. The van der Waals surface area contributed by atoms with Gasteiger partial charge in [-0.25, -0.2) is 4.79 Å². The Morgan fingerprint density at radius 2 is 2.05 bits per heavy atom. The molecule has 0 aliphatic carbocycles. The van der Waals surface area contributed by atoms with Crippen molar-refractivity contribution >= 4 is 16.9 Å². The molecule has 2 aromatic rings. The maximum atomic E-state index is 11.9. The van der Waals surface area contributed by atoms with Crippen molar-refractivity contribution in [3.05, 3.63) is 30.0 Å². The number of nitrogens with zero attached hydrogens (tertiary/aromatic N) is 2. The summed E-state index contributed by atoms with van der Waals surface area (Å²) in [4.78, 5) is 11.0. The topological polar surface area (TPSA) is 64.3 Å². The Labute approximate surface area is 105 Å². The van der Waals surface area contributed by atoms with E-state index in [-0.39, 0.29) is 12.2 Å². The van der Waals surface area contributed by atoms with Gasteiger partial charge in [0.15, 0.2) is 5.69 Å². The third kappa shape index (κ3) is 3.02. The summed E-state index contributed by atoms with van der Waals surface area (Å²) in [6, 6.07) is 6.42. The highest BCUT2D eigenvalue weighted by molar-refractivity contribution is 6.01. The zero-order valence-corrected chi connectivity index (χ0v) is 9.52. The molecule has 0 fully saturated rings. The second kappa shape index (κ2) is 4.88. The molecule has 1 N–H and O–H groups in total. The van der Waals surface area contributed by atoms with Crippen molar-refractivity contribution in [3.63, 3.8) is 0 Å². The van der Waals surface area contributed by atoms with Crippen molar-refractivity contribution in [2.75, 3.05) is 6.61 Å². The van der Waals surface area contributed by atoms with Gasteiger partial charge in [0, 0.05) is 5.39 Å². The Hall–Kier alpha value is -2.09. The molecule has 0 unspecified atom stereocenters. The average molecular weight is 274 g/mol. The van der Waals surface area contributed by atoms with E-state index in [0.29, 0.717) is 10.9 Å². The number of aromatic nitrogens is 2. The maximum Gasteiger partial charge on any atom is 0.522 e. The monoisotopic (exact) mass is 274 g/mol. The van der Waals surface area contributed by atoms with Crippen LogP contribution in [0.5, 0.6) is 0 Å². The van der Waals surface area contributed by atoms with Crippen molar-refractivity contribution in [2.24, 2.45) is 0 Å². The van der Waals surface area contributed by atoms with Gasteiger partial charge in [-0.2, -0.15) is 5.10 Å². The van der Waals surface area contributed by atoms with Crippen LogP contribution in [0, 0.1) is 0 Å². The molecule has 5 nitrogen and oxygen atoms in total. The van der Waals surface area contributed by atoms with Crippen LogP contribution in [0.25, 0.3) is 10.9 Å². The van der Waals surface area contributed by atoms with Gasteiger partial charge < -0.3 is 5.11 Å². The first kappa shape index (κ1) is 13.3. The number of halogens is 3. The number of benzene rings is 1. The molecule has 0 bridgehead atoms. The smallest absolute Gasteiger partial charge is 0.476 e. The number of para-hydroxylation sites is 1. The van der Waals surface area contributed by atoms with Gasteiger partial charge in [0.05, 0.1) is 18.7 Å². The van der Waals surface area contributed by atoms with Crippen LogP contribution < -0.4 is 0 Å². The Balaban J connectivity index is 2.26. The van der Waals surface area contributed by atoms with Gasteiger partial charge in [0.1, 0.15) is 0 Å². The molecule has 0 spiro atoms. The zero-order valence-electron chi connectivity index (χ0n) is 9.52. The number of hydrogen-bond donors (Lipinski definition) is 1. The van der Waals surface area contributed by atoms with Crippen LogP contribution >= 0.6 is 0 Å². The minimum Gasteiger partial charge on any atom is -0.476 e. The Kier molecular flexibility index (Phi) is 3.43. The molecule has 1 heterocycles. The molecule has 19 heavy (non-hydrogen) atoms. The van der Waals surface area contributed by atoms with Gasteiger partial charge >= 0.3 is 12.3 Å².